The third-order valence-electron chi connectivity index (χ3n) is 6.58. The van der Waals surface area contributed by atoms with Crippen molar-refractivity contribution in [3.8, 4) is 11.5 Å². The first kappa shape index (κ1) is 25.3. The average molecular weight is 486 g/mol. The van der Waals surface area contributed by atoms with Crippen molar-refractivity contribution in [3.05, 3.63) is 95.7 Å². The molecule has 0 aliphatic heterocycles. The van der Waals surface area contributed by atoms with Crippen molar-refractivity contribution in [2.75, 3.05) is 41.4 Å². The second kappa shape index (κ2) is 11.8. The van der Waals surface area contributed by atoms with Gasteiger partial charge in [-0.2, -0.15) is 0 Å². The number of carbonyl (C=O) groups excluding carboxylic acids is 1. The van der Waals surface area contributed by atoms with Crippen LogP contribution in [0.3, 0.4) is 0 Å². The number of fused-ring (bicyclic) bond motifs is 1. The van der Waals surface area contributed by atoms with Crippen LogP contribution in [0.4, 0.5) is 0 Å². The van der Waals surface area contributed by atoms with Gasteiger partial charge >= 0.3 is 0 Å². The zero-order valence-electron chi connectivity index (χ0n) is 21.5. The number of H-pyrrole nitrogens is 1. The number of aromatic amines is 1. The molecular formula is C30H35N3O3. The van der Waals surface area contributed by atoms with E-state index in [2.05, 4.69) is 34.1 Å². The molecule has 1 unspecified atom stereocenters. The minimum absolute atomic E-state index is 0.105. The van der Waals surface area contributed by atoms with Crippen LogP contribution in [-0.2, 0) is 11.3 Å². The molecule has 0 radical (unpaired) electrons. The summed E-state index contributed by atoms with van der Waals surface area (Å²) in [5.74, 6) is 1.35. The van der Waals surface area contributed by atoms with Crippen LogP contribution >= 0.6 is 0 Å². The van der Waals surface area contributed by atoms with Crippen LogP contribution in [-0.4, -0.2) is 62.1 Å². The average Bonchev–Trinajstić information content (AvgIpc) is 3.33. The van der Waals surface area contributed by atoms with Gasteiger partial charge in [-0.15, -0.1) is 0 Å². The first-order chi connectivity index (χ1) is 17.5. The Morgan fingerprint density at radius 3 is 2.36 bits per heavy atom. The fraction of sp³-hybridized carbons (Fsp3) is 0.300. The van der Waals surface area contributed by atoms with Crippen LogP contribution in [0.1, 0.15) is 29.0 Å². The smallest absolute Gasteiger partial charge is 0.223 e. The zero-order valence-corrected chi connectivity index (χ0v) is 21.5. The Kier molecular flexibility index (Phi) is 8.28. The Morgan fingerprint density at radius 1 is 0.889 bits per heavy atom. The minimum Gasteiger partial charge on any atom is -0.497 e. The third kappa shape index (κ3) is 5.89. The summed E-state index contributed by atoms with van der Waals surface area (Å²) in [7, 11) is 7.36. The van der Waals surface area contributed by atoms with Gasteiger partial charge in [0.1, 0.15) is 11.5 Å². The van der Waals surface area contributed by atoms with E-state index in [0.717, 1.165) is 39.9 Å². The van der Waals surface area contributed by atoms with Gasteiger partial charge in [0, 0.05) is 60.7 Å². The van der Waals surface area contributed by atoms with Gasteiger partial charge in [-0.3, -0.25) is 4.79 Å². The number of nitrogens with one attached hydrogen (secondary N) is 1. The topological polar surface area (TPSA) is 57.8 Å². The molecule has 6 nitrogen and oxygen atoms in total. The monoisotopic (exact) mass is 485 g/mol. The van der Waals surface area contributed by atoms with Gasteiger partial charge in [-0.1, -0.05) is 54.6 Å². The second-order valence-corrected chi connectivity index (χ2v) is 9.26. The van der Waals surface area contributed by atoms with Gasteiger partial charge in [-0.05, 0) is 37.4 Å². The van der Waals surface area contributed by atoms with Crippen molar-refractivity contribution in [1.82, 2.24) is 14.8 Å². The van der Waals surface area contributed by atoms with Crippen molar-refractivity contribution in [1.29, 1.82) is 0 Å². The summed E-state index contributed by atoms with van der Waals surface area (Å²) < 4.78 is 11.2. The molecule has 0 aliphatic rings. The Bertz CT molecular complexity index is 1280. The van der Waals surface area contributed by atoms with Gasteiger partial charge in [-0.25, -0.2) is 0 Å². The predicted molar refractivity (Wildman–Crippen MR) is 145 cm³/mol. The molecule has 1 heterocycles. The number of ether oxygens (including phenoxy) is 2. The molecule has 36 heavy (non-hydrogen) atoms. The molecule has 0 saturated heterocycles. The lowest BCUT2D eigenvalue weighted by Gasteiger charge is -2.27. The van der Waals surface area contributed by atoms with E-state index in [4.69, 9.17) is 9.47 Å². The maximum Gasteiger partial charge on any atom is 0.223 e. The van der Waals surface area contributed by atoms with Gasteiger partial charge in [0.2, 0.25) is 5.91 Å². The van der Waals surface area contributed by atoms with Crippen molar-refractivity contribution >= 4 is 16.8 Å². The molecule has 0 fully saturated rings. The van der Waals surface area contributed by atoms with E-state index in [0.29, 0.717) is 25.3 Å². The number of hydrogen-bond acceptors (Lipinski definition) is 4. The maximum absolute atomic E-state index is 13.9. The highest BCUT2D eigenvalue weighted by molar-refractivity contribution is 5.86. The summed E-state index contributed by atoms with van der Waals surface area (Å²) in [6.07, 6.45) is 2.35. The van der Waals surface area contributed by atoms with Crippen LogP contribution in [0.25, 0.3) is 10.9 Å². The highest BCUT2D eigenvalue weighted by Gasteiger charge is 2.27. The molecule has 3 aromatic carbocycles. The van der Waals surface area contributed by atoms with E-state index in [1.54, 1.807) is 14.2 Å². The van der Waals surface area contributed by atoms with E-state index in [1.807, 2.05) is 73.7 Å². The summed E-state index contributed by atoms with van der Waals surface area (Å²) in [5, 5.41) is 1.11. The number of carbonyl (C=O) groups is 1. The Hall–Kier alpha value is -3.77. The number of hydrogen-bond donors (Lipinski definition) is 1. The SMILES string of the molecule is COc1ccc(C(CC(=O)N(CCN(C)C)Cc2ccccc2)c2c[nH]c3ccccc23)c(OC)c1. The number of aromatic nitrogens is 1. The molecule has 4 rings (SSSR count). The molecule has 1 amide bonds. The first-order valence-corrected chi connectivity index (χ1v) is 12.2. The van der Waals surface area contributed by atoms with E-state index >= 15 is 0 Å². The molecule has 0 aliphatic carbocycles. The van der Waals surface area contributed by atoms with Crippen molar-refractivity contribution in [3.63, 3.8) is 0 Å². The summed E-state index contributed by atoms with van der Waals surface area (Å²) in [5.41, 5.74) is 4.21. The number of benzene rings is 3. The first-order valence-electron chi connectivity index (χ1n) is 12.2. The Morgan fingerprint density at radius 2 is 1.64 bits per heavy atom. The molecular weight excluding hydrogens is 450 g/mol. The predicted octanol–water partition coefficient (Wildman–Crippen LogP) is 5.30. The summed E-state index contributed by atoms with van der Waals surface area (Å²) in [6, 6.07) is 24.2. The van der Waals surface area contributed by atoms with Gasteiger partial charge < -0.3 is 24.3 Å². The van der Waals surface area contributed by atoms with Crippen LogP contribution in [0.2, 0.25) is 0 Å². The fourth-order valence-corrected chi connectivity index (χ4v) is 4.60. The van der Waals surface area contributed by atoms with Crippen LogP contribution in [0, 0.1) is 0 Å². The van der Waals surface area contributed by atoms with Gasteiger partial charge in [0.05, 0.1) is 14.2 Å². The number of likely N-dealkylation sites (N-methyl/N-ethyl adjacent to an activating group) is 1. The Balaban J connectivity index is 1.72. The van der Waals surface area contributed by atoms with E-state index in [9.17, 15) is 4.79 Å². The number of amides is 1. The molecule has 0 bridgehead atoms. The van der Waals surface area contributed by atoms with Crippen LogP contribution < -0.4 is 9.47 Å². The molecule has 4 aromatic rings. The lowest BCUT2D eigenvalue weighted by molar-refractivity contribution is -0.132. The normalized spacial score (nSPS) is 12.0. The van der Waals surface area contributed by atoms with Crippen molar-refractivity contribution in [2.24, 2.45) is 0 Å². The molecule has 1 aromatic heterocycles. The van der Waals surface area contributed by atoms with Crippen molar-refractivity contribution < 1.29 is 14.3 Å². The number of nitrogens with zero attached hydrogens (tertiary/aromatic N) is 2. The molecule has 1 atom stereocenters. The van der Waals surface area contributed by atoms with Gasteiger partial charge in [0.15, 0.2) is 0 Å². The number of rotatable bonds is 11. The molecule has 0 saturated carbocycles. The maximum atomic E-state index is 13.9. The third-order valence-corrected chi connectivity index (χ3v) is 6.58. The highest BCUT2D eigenvalue weighted by Crippen LogP contribution is 2.39. The van der Waals surface area contributed by atoms with Crippen LogP contribution in [0.5, 0.6) is 11.5 Å². The fourth-order valence-electron chi connectivity index (χ4n) is 4.60. The number of para-hydroxylation sites is 1. The quantitative estimate of drug-likeness (QED) is 0.313. The van der Waals surface area contributed by atoms with Gasteiger partial charge in [0.25, 0.3) is 0 Å². The van der Waals surface area contributed by atoms with E-state index < -0.39 is 0 Å². The largest absolute Gasteiger partial charge is 0.497 e. The van der Waals surface area contributed by atoms with Crippen LogP contribution in [0.15, 0.2) is 79.0 Å². The standard InChI is InChI=1S/C30H35N3O3/c1-32(2)16-17-33(21-22-10-6-5-7-11-22)30(34)19-26(25-15-14-23(35-3)18-29(25)36-4)27-20-31-28-13-9-8-12-24(27)28/h5-15,18,20,26,31H,16-17,19,21H2,1-4H3. The summed E-state index contributed by atoms with van der Waals surface area (Å²) in [6.45, 7) is 2.02. The van der Waals surface area contributed by atoms with Crippen molar-refractivity contribution in [2.45, 2.75) is 18.9 Å². The van der Waals surface area contributed by atoms with E-state index in [-0.39, 0.29) is 11.8 Å². The lowest BCUT2D eigenvalue weighted by Crippen LogP contribution is -2.37. The highest BCUT2D eigenvalue weighted by atomic mass is 16.5. The van der Waals surface area contributed by atoms with E-state index in [1.165, 1.54) is 0 Å². The molecule has 188 valence electrons. The number of methoxy groups -OCH3 is 2. The second-order valence-electron chi connectivity index (χ2n) is 9.26. The lowest BCUT2D eigenvalue weighted by atomic mass is 9.87. The summed E-state index contributed by atoms with van der Waals surface area (Å²) >= 11 is 0. The molecule has 1 N–H and O–H groups in total. The Labute approximate surface area is 213 Å². The molecule has 0 spiro atoms. The zero-order chi connectivity index (χ0) is 25.5. The minimum atomic E-state index is -0.188. The molecule has 6 heteroatoms. The summed E-state index contributed by atoms with van der Waals surface area (Å²) in [4.78, 5) is 21.4.